The van der Waals surface area contributed by atoms with Crippen LogP contribution in [-0.4, -0.2) is 22.7 Å². The Morgan fingerprint density at radius 1 is 1.09 bits per heavy atom. The molecule has 0 bridgehead atoms. The Labute approximate surface area is 130 Å². The van der Waals surface area contributed by atoms with Crippen LogP contribution in [0.5, 0.6) is 5.75 Å². The zero-order chi connectivity index (χ0) is 16.2. The fourth-order valence-electron chi connectivity index (χ4n) is 2.21. The summed E-state index contributed by atoms with van der Waals surface area (Å²) in [5.41, 5.74) is 0.826. The molecule has 0 aliphatic rings. The Morgan fingerprint density at radius 2 is 1.68 bits per heavy atom. The van der Waals surface area contributed by atoms with Gasteiger partial charge in [0.15, 0.2) is 0 Å². The van der Waals surface area contributed by atoms with Gasteiger partial charge in [-0.1, -0.05) is 42.5 Å². The number of phenols is 1. The lowest BCUT2D eigenvalue weighted by molar-refractivity contribution is -0.126. The van der Waals surface area contributed by atoms with E-state index in [2.05, 4.69) is 5.32 Å². The lowest BCUT2D eigenvalue weighted by Crippen LogP contribution is -2.41. The summed E-state index contributed by atoms with van der Waals surface area (Å²) < 4.78 is 0. The van der Waals surface area contributed by atoms with Gasteiger partial charge >= 0.3 is 0 Å². The van der Waals surface area contributed by atoms with Crippen LogP contribution in [0.1, 0.15) is 31.1 Å². The van der Waals surface area contributed by atoms with E-state index < -0.39 is 11.5 Å². The number of rotatable bonds is 5. The number of carbonyl (C=O) groups is 1. The second-order valence-corrected chi connectivity index (χ2v) is 5.81. The predicted octanol–water partition coefficient (Wildman–Crippen LogP) is 2.52. The highest BCUT2D eigenvalue weighted by atomic mass is 16.3. The maximum absolute atomic E-state index is 12.4. The molecular formula is C18H21NO3. The van der Waals surface area contributed by atoms with Crippen LogP contribution in [0.2, 0.25) is 0 Å². The van der Waals surface area contributed by atoms with Crippen molar-refractivity contribution < 1.29 is 15.0 Å². The largest absolute Gasteiger partial charge is 0.508 e. The van der Waals surface area contributed by atoms with Gasteiger partial charge in [-0.15, -0.1) is 0 Å². The Kier molecular flexibility index (Phi) is 4.83. The number of aromatic hydroxyl groups is 1. The summed E-state index contributed by atoms with van der Waals surface area (Å²) >= 11 is 0. The van der Waals surface area contributed by atoms with Crippen LogP contribution in [0.3, 0.4) is 0 Å². The van der Waals surface area contributed by atoms with Gasteiger partial charge in [0.25, 0.3) is 0 Å². The molecule has 1 unspecified atom stereocenters. The van der Waals surface area contributed by atoms with Crippen molar-refractivity contribution in [2.24, 2.45) is 0 Å². The zero-order valence-corrected chi connectivity index (χ0v) is 12.8. The number of amides is 1. The molecule has 0 aromatic heterocycles. The van der Waals surface area contributed by atoms with E-state index in [0.717, 1.165) is 11.1 Å². The zero-order valence-electron chi connectivity index (χ0n) is 12.8. The van der Waals surface area contributed by atoms with Crippen molar-refractivity contribution >= 4 is 5.91 Å². The fourth-order valence-corrected chi connectivity index (χ4v) is 2.21. The summed E-state index contributed by atoms with van der Waals surface area (Å²) in [6, 6.07) is 15.8. The van der Waals surface area contributed by atoms with E-state index in [0.29, 0.717) is 0 Å². The Balaban J connectivity index is 2.00. The number of aliphatic hydroxyl groups excluding tert-OH is 1. The molecule has 0 saturated carbocycles. The van der Waals surface area contributed by atoms with Gasteiger partial charge in [0, 0.05) is 6.54 Å². The quantitative estimate of drug-likeness (QED) is 0.794. The van der Waals surface area contributed by atoms with Gasteiger partial charge in [-0.05, 0) is 37.1 Å². The first-order valence-corrected chi connectivity index (χ1v) is 7.22. The lowest BCUT2D eigenvalue weighted by atomic mass is 9.83. The standard InChI is InChI=1S/C18H21NO3/c1-18(2,14-8-10-15(20)11-9-14)17(22)19-12-16(21)13-6-4-3-5-7-13/h3-11,16,20-21H,12H2,1-2H3,(H,19,22). The Bertz CT molecular complexity index is 621. The molecule has 0 aliphatic carbocycles. The Morgan fingerprint density at radius 3 is 2.27 bits per heavy atom. The lowest BCUT2D eigenvalue weighted by Gasteiger charge is -2.25. The summed E-state index contributed by atoms with van der Waals surface area (Å²) in [7, 11) is 0. The van der Waals surface area contributed by atoms with E-state index in [1.165, 1.54) is 0 Å². The summed E-state index contributed by atoms with van der Waals surface area (Å²) in [4.78, 5) is 12.4. The van der Waals surface area contributed by atoms with Crippen LogP contribution in [-0.2, 0) is 10.2 Å². The van der Waals surface area contributed by atoms with Crippen LogP contribution in [0, 0.1) is 0 Å². The van der Waals surface area contributed by atoms with Crippen molar-refractivity contribution in [3.05, 3.63) is 65.7 Å². The fraction of sp³-hybridized carbons (Fsp3) is 0.278. The number of carbonyl (C=O) groups excluding carboxylic acids is 1. The predicted molar refractivity (Wildman–Crippen MR) is 85.5 cm³/mol. The third-order valence-corrected chi connectivity index (χ3v) is 3.80. The molecule has 4 nitrogen and oxygen atoms in total. The molecule has 4 heteroatoms. The molecule has 22 heavy (non-hydrogen) atoms. The molecule has 2 aromatic rings. The maximum Gasteiger partial charge on any atom is 0.230 e. The van der Waals surface area contributed by atoms with E-state index in [9.17, 15) is 15.0 Å². The van der Waals surface area contributed by atoms with Crippen molar-refractivity contribution in [3.8, 4) is 5.75 Å². The topological polar surface area (TPSA) is 69.6 Å². The third-order valence-electron chi connectivity index (χ3n) is 3.80. The van der Waals surface area contributed by atoms with Crippen molar-refractivity contribution in [2.75, 3.05) is 6.54 Å². The van der Waals surface area contributed by atoms with Crippen LogP contribution in [0.4, 0.5) is 0 Å². The minimum Gasteiger partial charge on any atom is -0.508 e. The van der Waals surface area contributed by atoms with Gasteiger partial charge in [0.1, 0.15) is 5.75 Å². The average molecular weight is 299 g/mol. The van der Waals surface area contributed by atoms with Gasteiger partial charge in [-0.2, -0.15) is 0 Å². The molecular weight excluding hydrogens is 278 g/mol. The van der Waals surface area contributed by atoms with Gasteiger partial charge < -0.3 is 15.5 Å². The average Bonchev–Trinajstić information content (AvgIpc) is 2.53. The minimum atomic E-state index is -0.746. The molecule has 0 spiro atoms. The molecule has 3 N–H and O–H groups in total. The second kappa shape index (κ2) is 6.62. The number of aliphatic hydroxyl groups is 1. The van der Waals surface area contributed by atoms with E-state index in [-0.39, 0.29) is 18.2 Å². The monoisotopic (exact) mass is 299 g/mol. The van der Waals surface area contributed by atoms with Crippen molar-refractivity contribution in [1.29, 1.82) is 0 Å². The van der Waals surface area contributed by atoms with Crippen molar-refractivity contribution in [2.45, 2.75) is 25.4 Å². The molecule has 0 heterocycles. The van der Waals surface area contributed by atoms with E-state index >= 15 is 0 Å². The third kappa shape index (κ3) is 3.65. The molecule has 0 saturated heterocycles. The highest BCUT2D eigenvalue weighted by Gasteiger charge is 2.29. The van der Waals surface area contributed by atoms with Gasteiger partial charge in [-0.3, -0.25) is 4.79 Å². The molecule has 1 atom stereocenters. The first-order chi connectivity index (χ1) is 10.4. The molecule has 116 valence electrons. The number of benzene rings is 2. The normalized spacial score (nSPS) is 12.7. The maximum atomic E-state index is 12.4. The van der Waals surface area contributed by atoms with E-state index in [4.69, 9.17) is 0 Å². The first-order valence-electron chi connectivity index (χ1n) is 7.22. The van der Waals surface area contributed by atoms with Crippen LogP contribution < -0.4 is 5.32 Å². The van der Waals surface area contributed by atoms with E-state index in [1.807, 2.05) is 44.2 Å². The minimum absolute atomic E-state index is 0.157. The van der Waals surface area contributed by atoms with E-state index in [1.54, 1.807) is 24.3 Å². The van der Waals surface area contributed by atoms with Crippen molar-refractivity contribution in [3.63, 3.8) is 0 Å². The van der Waals surface area contributed by atoms with Crippen LogP contribution in [0.25, 0.3) is 0 Å². The Hall–Kier alpha value is -2.33. The number of hydrogen-bond acceptors (Lipinski definition) is 3. The molecule has 0 fully saturated rings. The first kappa shape index (κ1) is 16.0. The smallest absolute Gasteiger partial charge is 0.230 e. The summed E-state index contributed by atoms with van der Waals surface area (Å²) in [6.45, 7) is 3.78. The molecule has 0 aliphatic heterocycles. The highest BCUT2D eigenvalue weighted by molar-refractivity contribution is 5.87. The molecule has 2 aromatic carbocycles. The second-order valence-electron chi connectivity index (χ2n) is 5.81. The highest BCUT2D eigenvalue weighted by Crippen LogP contribution is 2.25. The number of hydrogen-bond donors (Lipinski definition) is 3. The van der Waals surface area contributed by atoms with Gasteiger partial charge in [-0.25, -0.2) is 0 Å². The van der Waals surface area contributed by atoms with Crippen molar-refractivity contribution in [1.82, 2.24) is 5.32 Å². The van der Waals surface area contributed by atoms with Gasteiger partial charge in [0.05, 0.1) is 11.5 Å². The molecule has 2 rings (SSSR count). The van der Waals surface area contributed by atoms with Crippen LogP contribution >= 0.6 is 0 Å². The summed E-state index contributed by atoms with van der Waals surface area (Å²) in [5, 5.41) is 22.2. The van der Waals surface area contributed by atoms with Crippen LogP contribution in [0.15, 0.2) is 54.6 Å². The number of phenolic OH excluding ortho intramolecular Hbond substituents is 1. The molecule has 0 radical (unpaired) electrons. The van der Waals surface area contributed by atoms with Gasteiger partial charge in [0.2, 0.25) is 5.91 Å². The summed E-state index contributed by atoms with van der Waals surface area (Å²) in [6.07, 6.45) is -0.735. The number of nitrogens with one attached hydrogen (secondary N) is 1. The molecule has 1 amide bonds. The SMILES string of the molecule is CC(C)(C(=O)NCC(O)c1ccccc1)c1ccc(O)cc1. The summed E-state index contributed by atoms with van der Waals surface area (Å²) in [5.74, 6) is -0.00683.